The number of rotatable bonds is 5. The molecule has 0 bridgehead atoms. The van der Waals surface area contributed by atoms with Gasteiger partial charge >= 0.3 is 6.09 Å². The molecule has 3 heterocycles. The minimum Gasteiger partial charge on any atom is -0.452 e. The Hall–Kier alpha value is -4.42. The van der Waals surface area contributed by atoms with Crippen LogP contribution < -0.4 is 20.9 Å². The lowest BCUT2D eigenvalue weighted by Crippen LogP contribution is -2.33. The van der Waals surface area contributed by atoms with Gasteiger partial charge < -0.3 is 25.6 Å². The summed E-state index contributed by atoms with van der Waals surface area (Å²) < 4.78 is 6.16. The van der Waals surface area contributed by atoms with Crippen molar-refractivity contribution in [1.29, 1.82) is 0 Å². The first-order valence-electron chi connectivity index (χ1n) is 11.1. The van der Waals surface area contributed by atoms with Gasteiger partial charge in [-0.05, 0) is 30.7 Å². The van der Waals surface area contributed by atoms with E-state index < -0.39 is 6.09 Å². The van der Waals surface area contributed by atoms with Gasteiger partial charge in [-0.1, -0.05) is 0 Å². The molecule has 0 atom stereocenters. The Bertz CT molecular complexity index is 1200. The van der Waals surface area contributed by atoms with Crippen LogP contribution in [0.3, 0.4) is 0 Å². The zero-order valence-electron chi connectivity index (χ0n) is 19.9. The van der Waals surface area contributed by atoms with Crippen LogP contribution in [-0.2, 0) is 9.53 Å². The molecule has 0 unspecified atom stereocenters. The second-order valence-corrected chi connectivity index (χ2v) is 7.99. The van der Waals surface area contributed by atoms with E-state index in [0.717, 1.165) is 25.3 Å². The number of hydrogen-bond donors (Lipinski definition) is 2. The number of ether oxygens (including phenoxy) is 1. The van der Waals surface area contributed by atoms with Gasteiger partial charge in [-0.25, -0.2) is 14.8 Å². The summed E-state index contributed by atoms with van der Waals surface area (Å²) in [5.74, 6) is 1.75. The maximum Gasteiger partial charge on any atom is 0.413 e. The molecule has 13 nitrogen and oxygen atoms in total. The summed E-state index contributed by atoms with van der Waals surface area (Å²) in [7, 11) is 2.96. The van der Waals surface area contributed by atoms with Crippen molar-refractivity contribution in [2.75, 3.05) is 61.2 Å². The summed E-state index contributed by atoms with van der Waals surface area (Å²) in [5, 5.41) is 7.53. The molecule has 0 radical (unpaired) electrons. The largest absolute Gasteiger partial charge is 0.452 e. The number of nitrogens with zero attached hydrogens (tertiary/aromatic N) is 8. The molecule has 35 heavy (non-hydrogen) atoms. The Kier molecular flexibility index (Phi) is 6.94. The van der Waals surface area contributed by atoms with Crippen molar-refractivity contribution in [2.45, 2.75) is 13.3 Å². The second kappa shape index (κ2) is 10.2. The molecule has 3 aromatic rings. The van der Waals surface area contributed by atoms with E-state index in [1.54, 1.807) is 44.3 Å². The summed E-state index contributed by atoms with van der Waals surface area (Å²) in [6.07, 6.45) is 1.86. The van der Waals surface area contributed by atoms with Crippen LogP contribution in [0.2, 0.25) is 0 Å². The molecule has 4 rings (SSSR count). The first kappa shape index (κ1) is 23.7. The van der Waals surface area contributed by atoms with Crippen LogP contribution in [0.1, 0.15) is 13.3 Å². The molecule has 1 saturated heterocycles. The highest BCUT2D eigenvalue weighted by atomic mass is 16.5. The molecular weight excluding hydrogens is 452 g/mol. The van der Waals surface area contributed by atoms with Crippen LogP contribution in [0, 0.1) is 0 Å². The van der Waals surface area contributed by atoms with Gasteiger partial charge in [-0.2, -0.15) is 9.67 Å². The molecule has 1 aliphatic rings. The van der Waals surface area contributed by atoms with E-state index >= 15 is 0 Å². The lowest BCUT2D eigenvalue weighted by Gasteiger charge is -2.22. The molecule has 0 spiro atoms. The minimum absolute atomic E-state index is 0.0794. The van der Waals surface area contributed by atoms with Crippen LogP contribution in [0.25, 0.3) is 5.82 Å². The molecule has 1 aliphatic heterocycles. The Morgan fingerprint density at radius 1 is 1.09 bits per heavy atom. The van der Waals surface area contributed by atoms with Crippen LogP contribution in [-0.4, -0.2) is 82.0 Å². The van der Waals surface area contributed by atoms with E-state index in [-0.39, 0.29) is 11.9 Å². The smallest absolute Gasteiger partial charge is 0.413 e. The van der Waals surface area contributed by atoms with E-state index in [9.17, 15) is 9.59 Å². The summed E-state index contributed by atoms with van der Waals surface area (Å²) >= 11 is 0. The summed E-state index contributed by atoms with van der Waals surface area (Å²) in [5.41, 5.74) is 7.51. The first-order valence-corrected chi connectivity index (χ1v) is 11.1. The van der Waals surface area contributed by atoms with Gasteiger partial charge in [0.25, 0.3) is 0 Å². The number of carbonyl (C=O) groups excluding carboxylic acids is 2. The van der Waals surface area contributed by atoms with Crippen LogP contribution in [0.5, 0.6) is 0 Å². The lowest BCUT2D eigenvalue weighted by atomic mass is 10.2. The number of aromatic nitrogens is 5. The normalized spacial score (nSPS) is 13.8. The molecule has 184 valence electrons. The highest BCUT2D eigenvalue weighted by Gasteiger charge is 2.19. The average molecular weight is 481 g/mol. The Balaban J connectivity index is 1.48. The minimum atomic E-state index is -0.459. The first-order chi connectivity index (χ1) is 16.9. The SMILES string of the molecule is COC(=O)N(C)c1ccc(Nc2nc(N)n(-c3cc(N4CCCN(C(C)=O)CC4)ncn3)n2)cc1. The number of nitrogens with one attached hydrogen (secondary N) is 1. The van der Waals surface area contributed by atoms with Gasteiger partial charge in [-0.3, -0.25) is 9.69 Å². The monoisotopic (exact) mass is 480 g/mol. The highest BCUT2D eigenvalue weighted by Crippen LogP contribution is 2.22. The van der Waals surface area contributed by atoms with Gasteiger partial charge in [0, 0.05) is 57.6 Å². The van der Waals surface area contributed by atoms with Crippen molar-refractivity contribution in [3.8, 4) is 5.82 Å². The number of methoxy groups -OCH3 is 1. The molecule has 0 saturated carbocycles. The number of nitrogens with two attached hydrogens (primary N) is 1. The maximum atomic E-state index is 11.7. The molecule has 13 heteroatoms. The number of hydrogen-bond acceptors (Lipinski definition) is 10. The third-order valence-electron chi connectivity index (χ3n) is 5.71. The number of anilines is 5. The summed E-state index contributed by atoms with van der Waals surface area (Å²) in [6.45, 7) is 4.42. The van der Waals surface area contributed by atoms with E-state index in [0.29, 0.717) is 36.2 Å². The Morgan fingerprint density at radius 3 is 2.54 bits per heavy atom. The predicted octanol–water partition coefficient (Wildman–Crippen LogP) is 1.64. The third-order valence-corrected chi connectivity index (χ3v) is 5.71. The highest BCUT2D eigenvalue weighted by molar-refractivity contribution is 5.87. The molecule has 0 aliphatic carbocycles. The standard InChI is InChI=1S/C22H28N10O3/c1-15(33)30-9-4-10-31(12-11-30)18-13-19(25-14-24-18)32-20(23)27-21(28-32)26-16-5-7-17(8-6-16)29(2)22(34)35-3/h5-8,13-14H,4,9-12H2,1-3H3,(H3,23,26,27,28). The van der Waals surface area contributed by atoms with Gasteiger partial charge in [0.2, 0.25) is 17.8 Å². The fourth-order valence-electron chi connectivity index (χ4n) is 3.77. The van der Waals surface area contributed by atoms with Crippen LogP contribution in [0.15, 0.2) is 36.7 Å². The van der Waals surface area contributed by atoms with E-state index in [1.807, 2.05) is 4.90 Å². The second-order valence-electron chi connectivity index (χ2n) is 7.99. The molecule has 1 aromatic carbocycles. The van der Waals surface area contributed by atoms with E-state index in [1.165, 1.54) is 23.0 Å². The third kappa shape index (κ3) is 5.39. The molecule has 1 fully saturated rings. The summed E-state index contributed by atoms with van der Waals surface area (Å²) in [6, 6.07) is 8.92. The topological polar surface area (TPSA) is 148 Å². The Morgan fingerprint density at radius 2 is 1.83 bits per heavy atom. The molecule has 2 amide bonds. The maximum absolute atomic E-state index is 11.7. The predicted molar refractivity (Wildman–Crippen MR) is 131 cm³/mol. The zero-order valence-corrected chi connectivity index (χ0v) is 19.9. The number of amides is 2. The van der Waals surface area contributed by atoms with Crippen molar-refractivity contribution in [3.63, 3.8) is 0 Å². The average Bonchev–Trinajstić information content (AvgIpc) is 3.06. The number of benzene rings is 1. The van der Waals surface area contributed by atoms with Crippen molar-refractivity contribution in [2.24, 2.45) is 0 Å². The van der Waals surface area contributed by atoms with Crippen LogP contribution in [0.4, 0.5) is 33.9 Å². The van der Waals surface area contributed by atoms with Crippen molar-refractivity contribution in [3.05, 3.63) is 36.7 Å². The van der Waals surface area contributed by atoms with Gasteiger partial charge in [0.15, 0.2) is 5.82 Å². The molecular formula is C22H28N10O3. The number of nitrogen functional groups attached to an aromatic ring is 1. The van der Waals surface area contributed by atoms with Crippen molar-refractivity contribution < 1.29 is 14.3 Å². The van der Waals surface area contributed by atoms with Crippen molar-refractivity contribution in [1.82, 2.24) is 29.6 Å². The van der Waals surface area contributed by atoms with Crippen LogP contribution >= 0.6 is 0 Å². The lowest BCUT2D eigenvalue weighted by molar-refractivity contribution is -0.128. The molecule has 2 aromatic heterocycles. The Labute approximate surface area is 202 Å². The van der Waals surface area contributed by atoms with E-state index in [4.69, 9.17) is 10.5 Å². The van der Waals surface area contributed by atoms with Gasteiger partial charge in [0.1, 0.15) is 12.1 Å². The van der Waals surface area contributed by atoms with Gasteiger partial charge in [-0.15, -0.1) is 5.10 Å². The number of carbonyl (C=O) groups is 2. The van der Waals surface area contributed by atoms with Crippen molar-refractivity contribution >= 4 is 41.1 Å². The summed E-state index contributed by atoms with van der Waals surface area (Å²) in [4.78, 5) is 41.7. The van der Waals surface area contributed by atoms with Gasteiger partial charge in [0.05, 0.1) is 7.11 Å². The quantitative estimate of drug-likeness (QED) is 0.552. The zero-order chi connectivity index (χ0) is 24.9. The fourth-order valence-corrected chi connectivity index (χ4v) is 3.77. The fraction of sp³-hybridized carbons (Fsp3) is 0.364. The molecule has 3 N–H and O–H groups in total. The van der Waals surface area contributed by atoms with E-state index in [2.05, 4.69) is 30.3 Å².